The van der Waals surface area contributed by atoms with Gasteiger partial charge in [-0.05, 0) is 31.9 Å². The molecule has 0 fully saturated rings. The van der Waals surface area contributed by atoms with Crippen LogP contribution in [0, 0.1) is 6.92 Å². The van der Waals surface area contributed by atoms with Crippen molar-refractivity contribution in [3.63, 3.8) is 0 Å². The third kappa shape index (κ3) is 6.06. The predicted molar refractivity (Wildman–Crippen MR) is 79.9 cm³/mol. The Bertz CT molecular complexity index is 383. The Morgan fingerprint density at radius 2 is 1.95 bits per heavy atom. The van der Waals surface area contributed by atoms with Gasteiger partial charge in [0.15, 0.2) is 0 Å². The third-order valence-corrected chi connectivity index (χ3v) is 3.04. The second-order valence-electron chi connectivity index (χ2n) is 4.87. The Hall–Kier alpha value is -1.55. The monoisotopic (exact) mass is 279 g/mol. The first-order valence-electron chi connectivity index (χ1n) is 7.25. The summed E-state index contributed by atoms with van der Waals surface area (Å²) in [6, 6.07) is 7.88. The zero-order valence-electron chi connectivity index (χ0n) is 12.5. The van der Waals surface area contributed by atoms with Crippen LogP contribution in [0.4, 0.5) is 0 Å². The van der Waals surface area contributed by atoms with Gasteiger partial charge in [-0.15, -0.1) is 0 Å². The topological polar surface area (TPSA) is 49.8 Å². The Labute approximate surface area is 121 Å². The molecule has 0 bridgehead atoms. The highest BCUT2D eigenvalue weighted by molar-refractivity contribution is 5.76. The van der Waals surface area contributed by atoms with E-state index in [9.17, 15) is 4.79 Å². The Morgan fingerprint density at radius 1 is 1.25 bits per heavy atom. The van der Waals surface area contributed by atoms with Gasteiger partial charge in [0, 0.05) is 19.5 Å². The lowest BCUT2D eigenvalue weighted by atomic mass is 10.2. The fourth-order valence-corrected chi connectivity index (χ4v) is 1.96. The number of rotatable bonds is 9. The summed E-state index contributed by atoms with van der Waals surface area (Å²) < 4.78 is 5.59. The smallest absolute Gasteiger partial charge is 0.222 e. The van der Waals surface area contributed by atoms with Crippen LogP contribution in [0.1, 0.15) is 31.7 Å². The number of hydrogen-bond donors (Lipinski definition) is 1. The summed E-state index contributed by atoms with van der Waals surface area (Å²) in [5, 5.41) is 8.94. The zero-order chi connectivity index (χ0) is 14.8. The van der Waals surface area contributed by atoms with E-state index >= 15 is 0 Å². The minimum Gasteiger partial charge on any atom is -0.494 e. The van der Waals surface area contributed by atoms with Crippen molar-refractivity contribution < 1.29 is 14.6 Å². The van der Waals surface area contributed by atoms with Crippen LogP contribution in [0.5, 0.6) is 5.75 Å². The Kier molecular flexibility index (Phi) is 7.73. The van der Waals surface area contributed by atoms with Gasteiger partial charge in [-0.25, -0.2) is 0 Å². The van der Waals surface area contributed by atoms with Gasteiger partial charge in [0.1, 0.15) is 5.75 Å². The van der Waals surface area contributed by atoms with Crippen molar-refractivity contribution in [2.45, 2.75) is 33.1 Å². The van der Waals surface area contributed by atoms with Gasteiger partial charge in [0.25, 0.3) is 0 Å². The number of hydrogen-bond acceptors (Lipinski definition) is 3. The molecule has 0 radical (unpaired) electrons. The number of aliphatic hydroxyl groups excluding tert-OH is 1. The molecule has 1 aromatic rings. The van der Waals surface area contributed by atoms with Crippen LogP contribution in [0.3, 0.4) is 0 Å². The summed E-state index contributed by atoms with van der Waals surface area (Å²) in [5.41, 5.74) is 1.20. The first kappa shape index (κ1) is 16.5. The number of amides is 1. The molecule has 0 atom stereocenters. The quantitative estimate of drug-likeness (QED) is 0.706. The number of ether oxygens (including phenoxy) is 1. The predicted octanol–water partition coefficient (Wildman–Crippen LogP) is 2.38. The van der Waals surface area contributed by atoms with Gasteiger partial charge in [-0.2, -0.15) is 0 Å². The van der Waals surface area contributed by atoms with Crippen molar-refractivity contribution in [1.82, 2.24) is 4.90 Å². The lowest BCUT2D eigenvalue weighted by molar-refractivity contribution is -0.132. The number of aryl methyl sites for hydroxylation is 1. The molecule has 112 valence electrons. The molecule has 0 aliphatic carbocycles. The standard InChI is InChI=1S/C16H25NO3/c1-3-10-17(11-12-18)16(19)5-4-13-20-15-8-6-14(2)7-9-15/h6-9,18H,3-5,10-13H2,1-2H3. The Morgan fingerprint density at radius 3 is 2.55 bits per heavy atom. The third-order valence-electron chi connectivity index (χ3n) is 3.04. The Balaban J connectivity index is 2.25. The molecule has 0 spiro atoms. The van der Waals surface area contributed by atoms with E-state index in [0.717, 1.165) is 12.2 Å². The van der Waals surface area contributed by atoms with Crippen LogP contribution in [0.2, 0.25) is 0 Å². The number of carbonyl (C=O) groups excluding carboxylic acids is 1. The molecule has 20 heavy (non-hydrogen) atoms. The second kappa shape index (κ2) is 9.37. The van der Waals surface area contributed by atoms with Crippen molar-refractivity contribution in [1.29, 1.82) is 0 Å². The maximum Gasteiger partial charge on any atom is 0.222 e. The molecule has 1 amide bonds. The largest absolute Gasteiger partial charge is 0.494 e. The van der Waals surface area contributed by atoms with Gasteiger partial charge in [0.05, 0.1) is 13.2 Å². The number of carbonyl (C=O) groups is 1. The van der Waals surface area contributed by atoms with Gasteiger partial charge in [-0.1, -0.05) is 24.6 Å². The van der Waals surface area contributed by atoms with Crippen LogP contribution >= 0.6 is 0 Å². The van der Waals surface area contributed by atoms with E-state index in [2.05, 4.69) is 0 Å². The van der Waals surface area contributed by atoms with E-state index in [0.29, 0.717) is 32.5 Å². The van der Waals surface area contributed by atoms with Gasteiger partial charge in [-0.3, -0.25) is 4.79 Å². The summed E-state index contributed by atoms with van der Waals surface area (Å²) in [6.07, 6.45) is 2.07. The van der Waals surface area contributed by atoms with Crippen LogP contribution in [0.15, 0.2) is 24.3 Å². The van der Waals surface area contributed by atoms with Crippen molar-refractivity contribution >= 4 is 5.91 Å². The summed E-state index contributed by atoms with van der Waals surface area (Å²) in [4.78, 5) is 13.7. The minimum absolute atomic E-state index is 0.0195. The molecule has 0 saturated heterocycles. The van der Waals surface area contributed by atoms with Crippen LogP contribution < -0.4 is 4.74 Å². The van der Waals surface area contributed by atoms with Crippen LogP contribution in [-0.2, 0) is 4.79 Å². The van der Waals surface area contributed by atoms with Gasteiger partial charge in [0.2, 0.25) is 5.91 Å². The number of benzene rings is 1. The molecule has 0 aliphatic rings. The maximum absolute atomic E-state index is 11.9. The van der Waals surface area contributed by atoms with E-state index in [1.165, 1.54) is 5.56 Å². The van der Waals surface area contributed by atoms with Crippen molar-refractivity contribution in [3.8, 4) is 5.75 Å². The fourth-order valence-electron chi connectivity index (χ4n) is 1.96. The molecule has 4 heteroatoms. The molecule has 1 N–H and O–H groups in total. The molecule has 0 heterocycles. The first-order chi connectivity index (χ1) is 9.67. The summed E-state index contributed by atoms with van der Waals surface area (Å²) in [5.74, 6) is 0.928. The first-order valence-corrected chi connectivity index (χ1v) is 7.25. The van der Waals surface area contributed by atoms with Gasteiger partial charge >= 0.3 is 0 Å². The van der Waals surface area contributed by atoms with E-state index in [-0.39, 0.29) is 12.5 Å². The average molecular weight is 279 g/mol. The molecule has 0 unspecified atom stereocenters. The maximum atomic E-state index is 11.9. The van der Waals surface area contributed by atoms with Crippen molar-refractivity contribution in [2.24, 2.45) is 0 Å². The number of aliphatic hydroxyl groups is 1. The summed E-state index contributed by atoms with van der Waals surface area (Å²) >= 11 is 0. The fraction of sp³-hybridized carbons (Fsp3) is 0.562. The highest BCUT2D eigenvalue weighted by Crippen LogP contribution is 2.12. The highest BCUT2D eigenvalue weighted by atomic mass is 16.5. The van der Waals surface area contributed by atoms with Crippen molar-refractivity contribution in [2.75, 3.05) is 26.3 Å². The van der Waals surface area contributed by atoms with E-state index in [4.69, 9.17) is 9.84 Å². The molecule has 0 saturated carbocycles. The summed E-state index contributed by atoms with van der Waals surface area (Å²) in [7, 11) is 0. The average Bonchev–Trinajstić information content (AvgIpc) is 2.45. The number of nitrogens with zero attached hydrogens (tertiary/aromatic N) is 1. The lowest BCUT2D eigenvalue weighted by Crippen LogP contribution is -2.34. The SMILES string of the molecule is CCCN(CCO)C(=O)CCCOc1ccc(C)cc1. The van der Waals surface area contributed by atoms with E-state index in [1.54, 1.807) is 4.90 Å². The molecule has 1 aromatic carbocycles. The molecule has 1 rings (SSSR count). The highest BCUT2D eigenvalue weighted by Gasteiger charge is 2.11. The molecular formula is C16H25NO3. The molecule has 0 aliphatic heterocycles. The molecule has 4 nitrogen and oxygen atoms in total. The van der Waals surface area contributed by atoms with Gasteiger partial charge < -0.3 is 14.7 Å². The second-order valence-corrected chi connectivity index (χ2v) is 4.87. The molecule has 0 aromatic heterocycles. The minimum atomic E-state index is 0.0195. The normalized spacial score (nSPS) is 10.3. The zero-order valence-corrected chi connectivity index (χ0v) is 12.5. The summed E-state index contributed by atoms with van der Waals surface area (Å²) in [6.45, 7) is 5.74. The lowest BCUT2D eigenvalue weighted by Gasteiger charge is -2.21. The van der Waals surface area contributed by atoms with E-state index in [1.807, 2.05) is 38.1 Å². The van der Waals surface area contributed by atoms with E-state index < -0.39 is 0 Å². The van der Waals surface area contributed by atoms with Crippen LogP contribution in [-0.4, -0.2) is 42.2 Å². The molecular weight excluding hydrogens is 254 g/mol. The van der Waals surface area contributed by atoms with Crippen molar-refractivity contribution in [3.05, 3.63) is 29.8 Å². The van der Waals surface area contributed by atoms with Crippen LogP contribution in [0.25, 0.3) is 0 Å².